The lowest BCUT2D eigenvalue weighted by Crippen LogP contribution is -2.50. The summed E-state index contributed by atoms with van der Waals surface area (Å²) in [6, 6.07) is 7.95. The minimum atomic E-state index is -0.533. The molecule has 1 aromatic carbocycles. The van der Waals surface area contributed by atoms with Crippen LogP contribution in [0.15, 0.2) is 41.1 Å². The van der Waals surface area contributed by atoms with Crippen LogP contribution in [0.4, 0.5) is 10.1 Å². The molecule has 1 fully saturated rings. The Balaban J connectivity index is 1.33. The SMILES string of the molecule is O=C(CCNC(=O)c1ccsc1)OCC(=O)N1CCN(c2ccc(F)cc2)CC1. The summed E-state index contributed by atoms with van der Waals surface area (Å²) < 4.78 is 18.0. The smallest absolute Gasteiger partial charge is 0.308 e. The lowest BCUT2D eigenvalue weighted by atomic mass is 10.2. The number of nitrogens with one attached hydrogen (secondary N) is 1. The molecule has 1 aliphatic rings. The summed E-state index contributed by atoms with van der Waals surface area (Å²) >= 11 is 1.42. The van der Waals surface area contributed by atoms with Crippen molar-refractivity contribution in [3.8, 4) is 0 Å². The summed E-state index contributed by atoms with van der Waals surface area (Å²) in [6.07, 6.45) is 0.00149. The van der Waals surface area contributed by atoms with E-state index in [0.29, 0.717) is 31.7 Å². The van der Waals surface area contributed by atoms with Crippen LogP contribution >= 0.6 is 11.3 Å². The monoisotopic (exact) mass is 419 g/mol. The van der Waals surface area contributed by atoms with Gasteiger partial charge in [0.25, 0.3) is 11.8 Å². The second-order valence-electron chi connectivity index (χ2n) is 6.52. The molecule has 1 aliphatic heterocycles. The van der Waals surface area contributed by atoms with Gasteiger partial charge in [0.2, 0.25) is 0 Å². The summed E-state index contributed by atoms with van der Waals surface area (Å²) in [4.78, 5) is 39.5. The Morgan fingerprint density at radius 1 is 1.07 bits per heavy atom. The highest BCUT2D eigenvalue weighted by Crippen LogP contribution is 2.17. The standard InChI is InChI=1S/C20H22FN3O4S/c21-16-1-3-17(4-2-16)23-8-10-24(11-9-23)18(25)13-28-19(26)5-7-22-20(27)15-6-12-29-14-15/h1-4,6,12,14H,5,7-11,13H2,(H,22,27). The van der Waals surface area contributed by atoms with Crippen molar-refractivity contribution in [3.63, 3.8) is 0 Å². The van der Waals surface area contributed by atoms with Crippen molar-refractivity contribution in [3.05, 3.63) is 52.5 Å². The Bertz CT molecular complexity index is 834. The van der Waals surface area contributed by atoms with Crippen LogP contribution in [-0.2, 0) is 14.3 Å². The largest absolute Gasteiger partial charge is 0.456 e. The van der Waals surface area contributed by atoms with Gasteiger partial charge >= 0.3 is 5.97 Å². The molecule has 3 rings (SSSR count). The Kier molecular flexibility index (Phi) is 7.18. The zero-order chi connectivity index (χ0) is 20.6. The van der Waals surface area contributed by atoms with Gasteiger partial charge in [-0.15, -0.1) is 0 Å². The third-order valence-electron chi connectivity index (χ3n) is 4.58. The van der Waals surface area contributed by atoms with Crippen LogP contribution in [0.5, 0.6) is 0 Å². The number of rotatable bonds is 7. The molecule has 0 spiro atoms. The zero-order valence-corrected chi connectivity index (χ0v) is 16.6. The van der Waals surface area contributed by atoms with Gasteiger partial charge in [-0.1, -0.05) is 0 Å². The molecule has 0 bridgehead atoms. The Hall–Kier alpha value is -2.94. The van der Waals surface area contributed by atoms with Crippen LogP contribution < -0.4 is 10.2 Å². The van der Waals surface area contributed by atoms with Crippen LogP contribution in [-0.4, -0.2) is 62.0 Å². The highest BCUT2D eigenvalue weighted by molar-refractivity contribution is 7.08. The normalized spacial score (nSPS) is 13.8. The topological polar surface area (TPSA) is 78.9 Å². The van der Waals surface area contributed by atoms with Gasteiger partial charge in [-0.2, -0.15) is 11.3 Å². The zero-order valence-electron chi connectivity index (χ0n) is 15.8. The van der Waals surface area contributed by atoms with Crippen LogP contribution in [0.1, 0.15) is 16.8 Å². The molecule has 2 heterocycles. The number of amides is 2. The fourth-order valence-electron chi connectivity index (χ4n) is 2.95. The molecule has 0 aliphatic carbocycles. The van der Waals surface area contributed by atoms with Gasteiger partial charge < -0.3 is 19.9 Å². The maximum atomic E-state index is 13.0. The van der Waals surface area contributed by atoms with Crippen molar-refractivity contribution in [2.24, 2.45) is 0 Å². The summed E-state index contributed by atoms with van der Waals surface area (Å²) in [7, 11) is 0. The van der Waals surface area contributed by atoms with E-state index in [1.54, 1.807) is 33.9 Å². The molecule has 1 N–H and O–H groups in total. The van der Waals surface area contributed by atoms with Gasteiger partial charge in [0, 0.05) is 49.4 Å². The summed E-state index contributed by atoms with van der Waals surface area (Å²) in [6.45, 7) is 2.10. The van der Waals surface area contributed by atoms with Gasteiger partial charge in [-0.25, -0.2) is 4.39 Å². The van der Waals surface area contributed by atoms with Gasteiger partial charge in [-0.3, -0.25) is 14.4 Å². The van der Waals surface area contributed by atoms with E-state index in [-0.39, 0.29) is 37.2 Å². The molecule has 0 saturated carbocycles. The van der Waals surface area contributed by atoms with E-state index in [1.165, 1.54) is 23.5 Å². The first-order chi connectivity index (χ1) is 14.0. The number of piperazine rings is 1. The average Bonchev–Trinajstić information content (AvgIpc) is 3.28. The first kappa shape index (κ1) is 20.8. The van der Waals surface area contributed by atoms with Crippen LogP contribution in [0.2, 0.25) is 0 Å². The molecule has 29 heavy (non-hydrogen) atoms. The Labute approximate surface area is 172 Å². The predicted molar refractivity (Wildman–Crippen MR) is 107 cm³/mol. The maximum Gasteiger partial charge on any atom is 0.308 e. The molecule has 2 aromatic rings. The molecule has 0 radical (unpaired) electrons. The molecule has 154 valence electrons. The number of carbonyl (C=O) groups excluding carboxylic acids is 3. The molecule has 0 unspecified atom stereocenters. The number of nitrogens with zero attached hydrogens (tertiary/aromatic N) is 2. The van der Waals surface area contributed by atoms with Crippen molar-refractivity contribution in [1.82, 2.24) is 10.2 Å². The fraction of sp³-hybridized carbons (Fsp3) is 0.350. The summed E-state index contributed by atoms with van der Waals surface area (Å²) in [5, 5.41) is 6.16. The average molecular weight is 419 g/mol. The van der Waals surface area contributed by atoms with Crippen molar-refractivity contribution in [2.45, 2.75) is 6.42 Å². The van der Waals surface area contributed by atoms with Crippen LogP contribution in [0.3, 0.4) is 0 Å². The number of ether oxygens (including phenoxy) is 1. The van der Waals surface area contributed by atoms with E-state index in [0.717, 1.165) is 5.69 Å². The molecule has 2 amide bonds. The number of hydrogen-bond acceptors (Lipinski definition) is 6. The number of halogens is 1. The summed E-state index contributed by atoms with van der Waals surface area (Å²) in [5.74, 6) is -1.31. The summed E-state index contributed by atoms with van der Waals surface area (Å²) in [5.41, 5.74) is 1.47. The number of thiophene rings is 1. The second kappa shape index (κ2) is 10.0. The second-order valence-corrected chi connectivity index (χ2v) is 7.30. The van der Waals surface area contributed by atoms with Gasteiger partial charge in [0.05, 0.1) is 6.42 Å². The molecule has 1 saturated heterocycles. The minimum Gasteiger partial charge on any atom is -0.456 e. The lowest BCUT2D eigenvalue weighted by Gasteiger charge is -2.36. The van der Waals surface area contributed by atoms with Gasteiger partial charge in [-0.05, 0) is 35.7 Å². The number of esters is 1. The number of anilines is 1. The highest BCUT2D eigenvalue weighted by atomic mass is 32.1. The fourth-order valence-corrected chi connectivity index (χ4v) is 3.58. The molecule has 0 atom stereocenters. The van der Waals surface area contributed by atoms with Gasteiger partial charge in [0.1, 0.15) is 5.82 Å². The maximum absolute atomic E-state index is 13.0. The minimum absolute atomic E-state index is 0.00149. The van der Waals surface area contributed by atoms with E-state index >= 15 is 0 Å². The van der Waals surface area contributed by atoms with E-state index < -0.39 is 5.97 Å². The first-order valence-electron chi connectivity index (χ1n) is 9.27. The molecule has 1 aromatic heterocycles. The predicted octanol–water partition coefficient (Wildman–Crippen LogP) is 1.90. The van der Waals surface area contributed by atoms with E-state index in [1.807, 2.05) is 0 Å². The Morgan fingerprint density at radius 2 is 1.79 bits per heavy atom. The van der Waals surface area contributed by atoms with Gasteiger partial charge in [0.15, 0.2) is 6.61 Å². The highest BCUT2D eigenvalue weighted by Gasteiger charge is 2.22. The van der Waals surface area contributed by atoms with E-state index in [4.69, 9.17) is 4.74 Å². The van der Waals surface area contributed by atoms with Crippen LogP contribution in [0.25, 0.3) is 0 Å². The Morgan fingerprint density at radius 3 is 2.45 bits per heavy atom. The van der Waals surface area contributed by atoms with E-state index in [2.05, 4.69) is 10.2 Å². The van der Waals surface area contributed by atoms with Crippen molar-refractivity contribution in [1.29, 1.82) is 0 Å². The van der Waals surface area contributed by atoms with Crippen molar-refractivity contribution < 1.29 is 23.5 Å². The molecule has 9 heteroatoms. The third kappa shape index (κ3) is 6.02. The number of benzene rings is 1. The molecular formula is C20H22FN3O4S. The molecular weight excluding hydrogens is 397 g/mol. The lowest BCUT2D eigenvalue weighted by molar-refractivity contribution is -0.152. The van der Waals surface area contributed by atoms with Crippen molar-refractivity contribution in [2.75, 3.05) is 44.2 Å². The number of hydrogen-bond donors (Lipinski definition) is 1. The third-order valence-corrected chi connectivity index (χ3v) is 5.26. The molecule has 7 nitrogen and oxygen atoms in total. The van der Waals surface area contributed by atoms with E-state index in [9.17, 15) is 18.8 Å². The number of carbonyl (C=O) groups is 3. The quantitative estimate of drug-likeness (QED) is 0.694. The van der Waals surface area contributed by atoms with Crippen LogP contribution in [0, 0.1) is 5.82 Å². The first-order valence-corrected chi connectivity index (χ1v) is 10.2. The van der Waals surface area contributed by atoms with Crippen molar-refractivity contribution >= 4 is 34.8 Å².